The molecule has 0 amide bonds. The Balaban J connectivity index is 5.20. The maximum absolute atomic E-state index is 13.1. The standard InChI is InChI=1S/C79H154O17P2/c1-8-11-12-13-14-15-16-17-25-28-33-38-46-53-60-76(81)89-66-74(95-78(83)62-55-48-39-34-29-26-23-21-19-18-20-22-24-27-32-37-44-51-58-71(6)9-2)68-93-97(85,86)91-64-73(80)65-92-98(87,88)94-69-75(67-90-77(82)61-54-47-42-41-45-52-59-72(7)10-3)96-79(84)63-56-49-40-35-30-31-36-43-50-57-70(4)5/h70-75,80H,8-69H2,1-7H3,(H,85,86)(H,87,88)/t71?,72?,73-,74-,75-/m1/s1. The summed E-state index contributed by atoms with van der Waals surface area (Å²) in [6.07, 6.45) is 56.9. The maximum atomic E-state index is 13.1. The van der Waals surface area contributed by atoms with Crippen molar-refractivity contribution in [1.29, 1.82) is 0 Å². The molecule has 0 spiro atoms. The minimum absolute atomic E-state index is 0.104. The van der Waals surface area contributed by atoms with E-state index in [1.807, 2.05) is 0 Å². The van der Waals surface area contributed by atoms with Crippen LogP contribution in [-0.2, 0) is 65.4 Å². The van der Waals surface area contributed by atoms with Crippen LogP contribution in [0.4, 0.5) is 0 Å². The Labute approximate surface area is 600 Å². The zero-order valence-corrected chi connectivity index (χ0v) is 66.0. The highest BCUT2D eigenvalue weighted by Crippen LogP contribution is 2.45. The third-order valence-electron chi connectivity index (χ3n) is 19.1. The van der Waals surface area contributed by atoms with Gasteiger partial charge in [0, 0.05) is 25.7 Å². The average molecular weight is 1440 g/mol. The molecule has 3 N–H and O–H groups in total. The van der Waals surface area contributed by atoms with Crippen LogP contribution in [0, 0.1) is 17.8 Å². The first-order chi connectivity index (χ1) is 47.3. The average Bonchev–Trinajstić information content (AvgIpc) is 1.33. The van der Waals surface area contributed by atoms with Crippen molar-refractivity contribution in [2.45, 2.75) is 426 Å². The number of hydrogen-bond donors (Lipinski definition) is 3. The van der Waals surface area contributed by atoms with Gasteiger partial charge in [0.2, 0.25) is 0 Å². The smallest absolute Gasteiger partial charge is 0.462 e. The van der Waals surface area contributed by atoms with Gasteiger partial charge >= 0.3 is 39.5 Å². The van der Waals surface area contributed by atoms with Gasteiger partial charge in [0.05, 0.1) is 26.4 Å². The van der Waals surface area contributed by atoms with Crippen molar-refractivity contribution in [3.05, 3.63) is 0 Å². The molecule has 0 aliphatic heterocycles. The summed E-state index contributed by atoms with van der Waals surface area (Å²) in [6.45, 7) is 11.9. The first-order valence-corrected chi connectivity index (χ1v) is 43.9. The fraction of sp³-hybridized carbons (Fsp3) is 0.949. The van der Waals surface area contributed by atoms with Gasteiger partial charge in [0.15, 0.2) is 12.2 Å². The molecule has 4 unspecified atom stereocenters. The van der Waals surface area contributed by atoms with E-state index in [1.54, 1.807) is 0 Å². The lowest BCUT2D eigenvalue weighted by atomic mass is 9.99. The highest BCUT2D eigenvalue weighted by Gasteiger charge is 2.30. The summed E-state index contributed by atoms with van der Waals surface area (Å²) in [6, 6.07) is 0. The first kappa shape index (κ1) is 96.1. The van der Waals surface area contributed by atoms with Crippen LogP contribution in [0.15, 0.2) is 0 Å². The molecule has 17 nitrogen and oxygen atoms in total. The molecular weight excluding hydrogens is 1280 g/mol. The van der Waals surface area contributed by atoms with Crippen LogP contribution < -0.4 is 0 Å². The molecule has 0 bridgehead atoms. The number of phosphoric acid groups is 2. The molecule has 98 heavy (non-hydrogen) atoms. The van der Waals surface area contributed by atoms with Gasteiger partial charge in [-0.15, -0.1) is 0 Å². The van der Waals surface area contributed by atoms with E-state index in [0.717, 1.165) is 114 Å². The third kappa shape index (κ3) is 69.8. The molecule has 0 saturated heterocycles. The second-order valence-corrected chi connectivity index (χ2v) is 32.3. The van der Waals surface area contributed by atoms with Crippen molar-refractivity contribution >= 4 is 39.5 Å². The Kier molecular flexibility index (Phi) is 68.1. The SMILES string of the molecule is CCCCCCCCCCCCCCCCC(=O)OC[C@H](COP(=O)(O)OC[C@@H](O)COP(=O)(O)OC[C@@H](COC(=O)CCCCCCCCC(C)CC)OC(=O)CCCCCCCCCCCC(C)C)OC(=O)CCCCCCCCCCCCCCCCCCCCC(C)CC. The lowest BCUT2D eigenvalue weighted by Gasteiger charge is -2.21. The van der Waals surface area contributed by atoms with Crippen molar-refractivity contribution in [2.75, 3.05) is 39.6 Å². The molecule has 0 aliphatic rings. The van der Waals surface area contributed by atoms with Gasteiger partial charge in [-0.05, 0) is 43.4 Å². The Morgan fingerprint density at radius 3 is 0.776 bits per heavy atom. The van der Waals surface area contributed by atoms with E-state index < -0.39 is 97.5 Å². The van der Waals surface area contributed by atoms with E-state index in [4.69, 9.17) is 37.0 Å². The largest absolute Gasteiger partial charge is 0.472 e. The van der Waals surface area contributed by atoms with Crippen LogP contribution >= 0.6 is 15.6 Å². The minimum atomic E-state index is -4.96. The lowest BCUT2D eigenvalue weighted by molar-refractivity contribution is -0.161. The molecule has 0 radical (unpaired) electrons. The normalized spacial score (nSPS) is 14.6. The van der Waals surface area contributed by atoms with Gasteiger partial charge in [-0.2, -0.15) is 0 Å². The second-order valence-electron chi connectivity index (χ2n) is 29.4. The molecule has 0 aromatic carbocycles. The van der Waals surface area contributed by atoms with Crippen molar-refractivity contribution in [1.82, 2.24) is 0 Å². The van der Waals surface area contributed by atoms with E-state index in [1.165, 1.54) is 212 Å². The number of esters is 4. The minimum Gasteiger partial charge on any atom is -0.462 e. The number of ether oxygens (including phenoxy) is 4. The summed E-state index contributed by atoms with van der Waals surface area (Å²) in [5.41, 5.74) is 0. The van der Waals surface area contributed by atoms with Crippen LogP contribution in [0.2, 0.25) is 0 Å². The summed E-state index contributed by atoms with van der Waals surface area (Å²) in [5, 5.41) is 10.6. The molecule has 0 fully saturated rings. The van der Waals surface area contributed by atoms with Crippen LogP contribution in [-0.4, -0.2) is 96.7 Å². The third-order valence-corrected chi connectivity index (χ3v) is 21.0. The van der Waals surface area contributed by atoms with E-state index in [0.29, 0.717) is 25.7 Å². The molecule has 0 aromatic rings. The van der Waals surface area contributed by atoms with Crippen molar-refractivity contribution < 1.29 is 80.2 Å². The summed E-state index contributed by atoms with van der Waals surface area (Å²) in [7, 11) is -9.92. The van der Waals surface area contributed by atoms with Gasteiger partial charge in [0.25, 0.3) is 0 Å². The van der Waals surface area contributed by atoms with E-state index in [-0.39, 0.29) is 25.7 Å². The van der Waals surface area contributed by atoms with Crippen LogP contribution in [0.5, 0.6) is 0 Å². The van der Waals surface area contributed by atoms with Crippen molar-refractivity contribution in [3.63, 3.8) is 0 Å². The van der Waals surface area contributed by atoms with Crippen molar-refractivity contribution in [2.24, 2.45) is 17.8 Å². The molecule has 0 saturated carbocycles. The quantitative estimate of drug-likeness (QED) is 0.0222. The number of rotatable bonds is 77. The highest BCUT2D eigenvalue weighted by molar-refractivity contribution is 7.47. The van der Waals surface area contributed by atoms with Crippen molar-refractivity contribution in [3.8, 4) is 0 Å². The summed E-state index contributed by atoms with van der Waals surface area (Å²) < 4.78 is 68.6. The Morgan fingerprint density at radius 1 is 0.296 bits per heavy atom. The van der Waals surface area contributed by atoms with Crippen LogP contribution in [0.1, 0.15) is 408 Å². The number of hydrogen-bond acceptors (Lipinski definition) is 15. The molecule has 0 aliphatic carbocycles. The Hall–Kier alpha value is -1.94. The summed E-state index contributed by atoms with van der Waals surface area (Å²) >= 11 is 0. The number of aliphatic hydroxyl groups excluding tert-OH is 1. The van der Waals surface area contributed by atoms with E-state index >= 15 is 0 Å². The number of unbranched alkanes of at least 4 members (excludes halogenated alkanes) is 43. The number of carbonyl (C=O) groups excluding carboxylic acids is 4. The van der Waals surface area contributed by atoms with Gasteiger partial charge in [-0.1, -0.05) is 357 Å². The number of aliphatic hydroxyl groups is 1. The molecule has 0 heterocycles. The Morgan fingerprint density at radius 2 is 0.520 bits per heavy atom. The molecule has 0 rings (SSSR count). The molecule has 0 aromatic heterocycles. The topological polar surface area (TPSA) is 237 Å². The zero-order chi connectivity index (χ0) is 72.3. The predicted molar refractivity (Wildman–Crippen MR) is 400 cm³/mol. The second kappa shape index (κ2) is 69.4. The molecule has 7 atom stereocenters. The van der Waals surface area contributed by atoms with E-state index in [9.17, 15) is 43.2 Å². The predicted octanol–water partition coefficient (Wildman–Crippen LogP) is 23.4. The van der Waals surface area contributed by atoms with E-state index in [2.05, 4.69) is 48.5 Å². The van der Waals surface area contributed by atoms with Crippen LogP contribution in [0.25, 0.3) is 0 Å². The fourth-order valence-electron chi connectivity index (χ4n) is 12.1. The highest BCUT2D eigenvalue weighted by atomic mass is 31.2. The van der Waals surface area contributed by atoms with Gasteiger partial charge in [0.1, 0.15) is 19.3 Å². The molecule has 582 valence electrons. The zero-order valence-electron chi connectivity index (χ0n) is 64.3. The molecule has 19 heteroatoms. The summed E-state index contributed by atoms with van der Waals surface area (Å²) in [4.78, 5) is 72.9. The van der Waals surface area contributed by atoms with Crippen LogP contribution in [0.3, 0.4) is 0 Å². The van der Waals surface area contributed by atoms with Gasteiger partial charge in [-0.3, -0.25) is 37.3 Å². The van der Waals surface area contributed by atoms with Gasteiger partial charge < -0.3 is 33.8 Å². The maximum Gasteiger partial charge on any atom is 0.472 e. The van der Waals surface area contributed by atoms with Gasteiger partial charge in [-0.25, -0.2) is 9.13 Å². The fourth-order valence-corrected chi connectivity index (χ4v) is 13.6. The summed E-state index contributed by atoms with van der Waals surface area (Å²) in [5.74, 6) is 0.223. The first-order valence-electron chi connectivity index (χ1n) is 40.9. The Bertz CT molecular complexity index is 1910. The molecular formula is C79H154O17P2. The monoisotopic (exact) mass is 1440 g/mol. The lowest BCUT2D eigenvalue weighted by Crippen LogP contribution is -2.30. The number of phosphoric ester groups is 2. The number of carbonyl (C=O) groups is 4.